The molecule has 1 fully saturated rings. The van der Waals surface area contributed by atoms with Crippen LogP contribution < -0.4 is 10.1 Å². The largest absolute Gasteiger partial charge is 0.497 e. The number of hydrogen-bond donors (Lipinski definition) is 3. The van der Waals surface area contributed by atoms with E-state index in [0.29, 0.717) is 32.5 Å². The third-order valence-electron chi connectivity index (χ3n) is 6.64. The molecule has 200 valence electrons. The molecule has 0 aliphatic carbocycles. The highest BCUT2D eigenvalue weighted by Gasteiger charge is 2.41. The highest BCUT2D eigenvalue weighted by Crippen LogP contribution is 2.29. The maximum absolute atomic E-state index is 12.1. The number of benzene rings is 1. The number of carboxylic acids is 1. The van der Waals surface area contributed by atoms with Crippen LogP contribution in [-0.4, -0.2) is 64.9 Å². The lowest BCUT2D eigenvalue weighted by molar-refractivity contribution is -0.147. The van der Waals surface area contributed by atoms with Crippen molar-refractivity contribution in [3.05, 3.63) is 36.0 Å². The average molecular weight is 553 g/mol. The number of aromatic nitrogens is 1. The number of likely N-dealkylation sites (tertiary alicyclic amines) is 1. The number of β-amino-alcohol motifs (C(OH)–C–C–N with tert-alkyl or cyclic N) is 1. The molecule has 2 heterocycles. The number of aliphatic hydroxyl groups is 1. The van der Waals surface area contributed by atoms with Crippen LogP contribution in [-0.2, 0) is 4.79 Å². The minimum atomic E-state index is -0.858. The van der Waals surface area contributed by atoms with E-state index in [9.17, 15) is 15.0 Å². The molecule has 3 N–H and O–H groups in total. The van der Waals surface area contributed by atoms with Gasteiger partial charge in [0.15, 0.2) is 0 Å². The van der Waals surface area contributed by atoms with Crippen molar-refractivity contribution in [1.82, 2.24) is 15.2 Å². The molecule has 35 heavy (non-hydrogen) atoms. The van der Waals surface area contributed by atoms with E-state index < -0.39 is 17.6 Å². The van der Waals surface area contributed by atoms with E-state index in [4.69, 9.17) is 4.74 Å². The van der Waals surface area contributed by atoms with Gasteiger partial charge < -0.3 is 25.2 Å². The molecule has 1 aromatic heterocycles. The first-order valence-corrected chi connectivity index (χ1v) is 11.8. The van der Waals surface area contributed by atoms with Gasteiger partial charge in [-0.25, -0.2) is 0 Å². The first kappa shape index (κ1) is 33.7. The molecule has 0 spiro atoms. The maximum atomic E-state index is 12.1. The van der Waals surface area contributed by atoms with Gasteiger partial charge in [0, 0.05) is 31.2 Å². The van der Waals surface area contributed by atoms with Gasteiger partial charge in [-0.1, -0.05) is 32.6 Å². The molecule has 1 aromatic carbocycles. The Morgan fingerprint density at radius 1 is 1.14 bits per heavy atom. The molecule has 0 radical (unpaired) electrons. The van der Waals surface area contributed by atoms with E-state index in [0.717, 1.165) is 41.6 Å². The summed E-state index contributed by atoms with van der Waals surface area (Å²) in [4.78, 5) is 18.6. The molecule has 1 atom stereocenters. The van der Waals surface area contributed by atoms with Crippen molar-refractivity contribution in [3.8, 4) is 5.75 Å². The highest BCUT2D eigenvalue weighted by molar-refractivity contribution is 5.86. The van der Waals surface area contributed by atoms with Crippen molar-refractivity contribution < 1.29 is 19.7 Å². The van der Waals surface area contributed by atoms with Crippen molar-refractivity contribution in [2.75, 3.05) is 33.3 Å². The van der Waals surface area contributed by atoms with Gasteiger partial charge >= 0.3 is 5.97 Å². The van der Waals surface area contributed by atoms with E-state index in [2.05, 4.69) is 22.1 Å². The number of nitrogens with zero attached hydrogens (tertiary/aromatic N) is 2. The smallest absolute Gasteiger partial charge is 0.323 e. The second-order valence-electron chi connectivity index (χ2n) is 8.83. The van der Waals surface area contributed by atoms with Gasteiger partial charge in [0.2, 0.25) is 0 Å². The highest BCUT2D eigenvalue weighted by atomic mass is 35.5. The Balaban J connectivity index is 0.00000385. The second-order valence-corrected chi connectivity index (χ2v) is 8.83. The van der Waals surface area contributed by atoms with Gasteiger partial charge in [-0.05, 0) is 55.6 Å². The summed E-state index contributed by atoms with van der Waals surface area (Å²) in [7, 11) is 1.62. The number of aliphatic hydroxyl groups excluding tert-OH is 1. The van der Waals surface area contributed by atoms with Gasteiger partial charge in [0.25, 0.3) is 0 Å². The Labute approximate surface area is 227 Å². The van der Waals surface area contributed by atoms with Gasteiger partial charge in [-0.15, -0.1) is 37.2 Å². The third-order valence-corrected chi connectivity index (χ3v) is 6.64. The quantitative estimate of drug-likeness (QED) is 0.318. The molecule has 0 saturated carbocycles. The third kappa shape index (κ3) is 8.92. The van der Waals surface area contributed by atoms with Crippen LogP contribution in [0.25, 0.3) is 10.9 Å². The Bertz CT molecular complexity index is 895. The van der Waals surface area contributed by atoms with Crippen molar-refractivity contribution in [1.29, 1.82) is 0 Å². The first-order chi connectivity index (χ1) is 15.5. The number of nitrogens with one attached hydrogen (secondary N) is 1. The van der Waals surface area contributed by atoms with Crippen LogP contribution in [0.5, 0.6) is 5.75 Å². The SMILES string of the molecule is CCCCCCCNC1(C(=O)O)CCN(C[C@H](O)c2ccnc3ccc(OC)cc23)CC1.Cl.Cl.Cl. The zero-order valence-electron chi connectivity index (χ0n) is 20.6. The molecule has 1 aliphatic rings. The summed E-state index contributed by atoms with van der Waals surface area (Å²) in [6, 6.07) is 7.49. The monoisotopic (exact) mass is 551 g/mol. The lowest BCUT2D eigenvalue weighted by atomic mass is 9.87. The minimum Gasteiger partial charge on any atom is -0.497 e. The molecule has 3 rings (SSSR count). The normalized spacial score (nSPS) is 15.9. The Kier molecular flexibility index (Phi) is 15.8. The molecule has 0 bridgehead atoms. The summed E-state index contributed by atoms with van der Waals surface area (Å²) in [5.74, 6) is -0.0394. The van der Waals surface area contributed by atoms with E-state index in [1.807, 2.05) is 24.3 Å². The number of unbranched alkanes of at least 4 members (excludes halogenated alkanes) is 4. The predicted octanol–water partition coefficient (Wildman–Crippen LogP) is 5.02. The van der Waals surface area contributed by atoms with Crippen LogP contribution in [0.15, 0.2) is 30.5 Å². The van der Waals surface area contributed by atoms with Crippen molar-refractivity contribution in [3.63, 3.8) is 0 Å². The van der Waals surface area contributed by atoms with Crippen LogP contribution in [0.3, 0.4) is 0 Å². The number of methoxy groups -OCH3 is 1. The van der Waals surface area contributed by atoms with Crippen molar-refractivity contribution in [2.45, 2.75) is 63.5 Å². The average Bonchev–Trinajstić information content (AvgIpc) is 2.81. The number of piperidine rings is 1. The Hall–Kier alpha value is -1.35. The second kappa shape index (κ2) is 16.4. The molecular formula is C25H40Cl3N3O4. The summed E-state index contributed by atoms with van der Waals surface area (Å²) in [6.07, 6.45) is 7.90. The van der Waals surface area contributed by atoms with Crippen LogP contribution in [0.1, 0.15) is 63.5 Å². The zero-order valence-corrected chi connectivity index (χ0v) is 23.0. The number of carboxylic acid groups (broad SMARTS) is 1. The molecular weight excluding hydrogens is 513 g/mol. The molecule has 1 aliphatic heterocycles. The number of halogens is 3. The number of fused-ring (bicyclic) bond motifs is 1. The number of aliphatic carboxylic acids is 1. The van der Waals surface area contributed by atoms with E-state index in [1.54, 1.807) is 13.3 Å². The van der Waals surface area contributed by atoms with Crippen molar-refractivity contribution >= 4 is 54.1 Å². The van der Waals surface area contributed by atoms with Gasteiger partial charge in [0.05, 0.1) is 18.7 Å². The van der Waals surface area contributed by atoms with Gasteiger partial charge in [-0.3, -0.25) is 9.78 Å². The summed E-state index contributed by atoms with van der Waals surface area (Å²) in [5.41, 5.74) is 0.770. The lowest BCUT2D eigenvalue weighted by Crippen LogP contribution is -2.58. The Morgan fingerprint density at radius 3 is 2.46 bits per heavy atom. The standard InChI is InChI=1S/C25H37N3O4.3ClH/c1-3-4-5-6-7-13-27-25(24(30)31)11-15-28(16-12-25)18-23(29)20-10-14-26-22-9-8-19(32-2)17-21(20)22;;;/h8-10,14,17,23,27,29H,3-7,11-13,15-16,18H2,1-2H3,(H,30,31);3*1H/t23-;;;/m0.../s1. The fourth-order valence-electron chi connectivity index (χ4n) is 4.55. The number of ether oxygens (including phenoxy) is 1. The van der Waals surface area contributed by atoms with E-state index in [-0.39, 0.29) is 37.2 Å². The summed E-state index contributed by atoms with van der Waals surface area (Å²) in [5, 5.41) is 25.1. The summed E-state index contributed by atoms with van der Waals surface area (Å²) < 4.78 is 5.33. The molecule has 7 nitrogen and oxygen atoms in total. The topological polar surface area (TPSA) is 94.9 Å². The number of pyridine rings is 1. The predicted molar refractivity (Wildman–Crippen MR) is 148 cm³/mol. The minimum absolute atomic E-state index is 0. The maximum Gasteiger partial charge on any atom is 0.323 e. The van der Waals surface area contributed by atoms with Gasteiger partial charge in [-0.2, -0.15) is 0 Å². The fourth-order valence-corrected chi connectivity index (χ4v) is 4.55. The molecule has 1 saturated heterocycles. The molecule has 0 amide bonds. The molecule has 10 heteroatoms. The fraction of sp³-hybridized carbons (Fsp3) is 0.600. The van der Waals surface area contributed by atoms with Crippen LogP contribution >= 0.6 is 37.2 Å². The lowest BCUT2D eigenvalue weighted by Gasteiger charge is -2.40. The number of hydrogen-bond acceptors (Lipinski definition) is 6. The molecule has 2 aromatic rings. The number of rotatable bonds is 12. The Morgan fingerprint density at radius 2 is 1.83 bits per heavy atom. The van der Waals surface area contributed by atoms with Crippen LogP contribution in [0.4, 0.5) is 0 Å². The van der Waals surface area contributed by atoms with Crippen LogP contribution in [0, 0.1) is 0 Å². The zero-order chi connectivity index (χ0) is 23.0. The summed E-state index contributed by atoms with van der Waals surface area (Å²) >= 11 is 0. The molecule has 0 unspecified atom stereocenters. The van der Waals surface area contributed by atoms with Crippen molar-refractivity contribution in [2.24, 2.45) is 0 Å². The first-order valence-electron chi connectivity index (χ1n) is 11.8. The van der Waals surface area contributed by atoms with E-state index in [1.165, 1.54) is 19.3 Å². The van der Waals surface area contributed by atoms with Crippen LogP contribution in [0.2, 0.25) is 0 Å². The number of carbonyl (C=O) groups is 1. The summed E-state index contributed by atoms with van der Waals surface area (Å²) in [6.45, 7) is 4.67. The van der Waals surface area contributed by atoms with E-state index >= 15 is 0 Å². The van der Waals surface area contributed by atoms with Gasteiger partial charge in [0.1, 0.15) is 11.3 Å².